The zero-order valence-electron chi connectivity index (χ0n) is 10.0. The lowest BCUT2D eigenvalue weighted by atomic mass is 9.80. The third kappa shape index (κ3) is 2.27. The molecule has 0 spiro atoms. The molecule has 0 radical (unpaired) electrons. The summed E-state index contributed by atoms with van der Waals surface area (Å²) in [6, 6.07) is 6.55. The summed E-state index contributed by atoms with van der Waals surface area (Å²) in [5, 5.41) is 0. The van der Waals surface area contributed by atoms with Gasteiger partial charge in [0.25, 0.3) is 0 Å². The number of hydrogen-bond acceptors (Lipinski definition) is 1. The SMILES string of the molecule is CCC(Br)C1CCCc2cc(OC)ccc21. The Morgan fingerprint density at radius 2 is 2.31 bits per heavy atom. The number of aryl methyl sites for hydroxylation is 1. The van der Waals surface area contributed by atoms with Gasteiger partial charge in [0.05, 0.1) is 7.11 Å². The summed E-state index contributed by atoms with van der Waals surface area (Å²) in [7, 11) is 1.74. The highest BCUT2D eigenvalue weighted by molar-refractivity contribution is 9.09. The maximum absolute atomic E-state index is 5.29. The number of ether oxygens (including phenoxy) is 1. The fourth-order valence-electron chi connectivity index (χ4n) is 2.62. The fourth-order valence-corrected chi connectivity index (χ4v) is 3.16. The summed E-state index contributed by atoms with van der Waals surface area (Å²) in [6.07, 6.45) is 5.00. The molecular weight excluding hydrogens is 264 g/mol. The van der Waals surface area contributed by atoms with Crippen molar-refractivity contribution in [2.24, 2.45) is 0 Å². The summed E-state index contributed by atoms with van der Waals surface area (Å²) >= 11 is 3.81. The van der Waals surface area contributed by atoms with Crippen LogP contribution in [0.1, 0.15) is 43.2 Å². The number of hydrogen-bond donors (Lipinski definition) is 0. The van der Waals surface area contributed by atoms with Gasteiger partial charge in [0.1, 0.15) is 5.75 Å². The number of benzene rings is 1. The second-order valence-electron chi connectivity index (χ2n) is 4.49. The lowest BCUT2D eigenvalue weighted by Gasteiger charge is -2.29. The van der Waals surface area contributed by atoms with E-state index in [4.69, 9.17) is 4.74 Å². The first-order valence-corrected chi connectivity index (χ1v) is 6.98. The average Bonchev–Trinajstić information content (AvgIpc) is 2.36. The molecule has 1 aliphatic carbocycles. The lowest BCUT2D eigenvalue weighted by molar-refractivity contribution is 0.412. The molecule has 0 heterocycles. The Hall–Kier alpha value is -0.500. The number of alkyl halides is 1. The van der Waals surface area contributed by atoms with Crippen molar-refractivity contribution >= 4 is 15.9 Å². The van der Waals surface area contributed by atoms with E-state index in [2.05, 4.69) is 41.1 Å². The highest BCUT2D eigenvalue weighted by Gasteiger charge is 2.25. The summed E-state index contributed by atoms with van der Waals surface area (Å²) in [5.41, 5.74) is 3.00. The van der Waals surface area contributed by atoms with Crippen molar-refractivity contribution in [2.75, 3.05) is 7.11 Å². The highest BCUT2D eigenvalue weighted by Crippen LogP contribution is 2.39. The summed E-state index contributed by atoms with van der Waals surface area (Å²) in [6.45, 7) is 2.25. The van der Waals surface area contributed by atoms with Crippen LogP contribution in [0.4, 0.5) is 0 Å². The molecule has 0 saturated heterocycles. The minimum atomic E-state index is 0.611. The number of methoxy groups -OCH3 is 1. The van der Waals surface area contributed by atoms with Crippen LogP contribution in [0.3, 0.4) is 0 Å². The maximum Gasteiger partial charge on any atom is 0.119 e. The monoisotopic (exact) mass is 282 g/mol. The van der Waals surface area contributed by atoms with Gasteiger partial charge in [0.2, 0.25) is 0 Å². The molecule has 0 aromatic heterocycles. The average molecular weight is 283 g/mol. The van der Waals surface area contributed by atoms with Crippen LogP contribution >= 0.6 is 15.9 Å². The van der Waals surface area contributed by atoms with Gasteiger partial charge < -0.3 is 4.74 Å². The second-order valence-corrected chi connectivity index (χ2v) is 5.66. The van der Waals surface area contributed by atoms with Gasteiger partial charge >= 0.3 is 0 Å². The first-order valence-electron chi connectivity index (χ1n) is 6.07. The molecule has 0 amide bonds. The third-order valence-electron chi connectivity index (χ3n) is 3.54. The van der Waals surface area contributed by atoms with Crippen molar-refractivity contribution in [1.29, 1.82) is 0 Å². The Morgan fingerprint density at radius 1 is 1.50 bits per heavy atom. The minimum Gasteiger partial charge on any atom is -0.497 e. The smallest absolute Gasteiger partial charge is 0.119 e. The topological polar surface area (TPSA) is 9.23 Å². The molecule has 0 aliphatic heterocycles. The first-order chi connectivity index (χ1) is 7.76. The van der Waals surface area contributed by atoms with E-state index < -0.39 is 0 Å². The van der Waals surface area contributed by atoms with Crippen molar-refractivity contribution in [1.82, 2.24) is 0 Å². The molecule has 1 aromatic carbocycles. The molecule has 1 aromatic rings. The van der Waals surface area contributed by atoms with Crippen molar-refractivity contribution in [3.63, 3.8) is 0 Å². The molecule has 1 nitrogen and oxygen atoms in total. The van der Waals surface area contributed by atoms with Crippen molar-refractivity contribution < 1.29 is 4.74 Å². The molecule has 0 fully saturated rings. The summed E-state index contributed by atoms with van der Waals surface area (Å²) in [5.74, 6) is 1.67. The maximum atomic E-state index is 5.29. The Bertz CT molecular complexity index is 362. The summed E-state index contributed by atoms with van der Waals surface area (Å²) < 4.78 is 5.29. The molecule has 0 saturated carbocycles. The van der Waals surface area contributed by atoms with Gasteiger partial charge in [-0.05, 0) is 54.9 Å². The normalized spacial score (nSPS) is 21.3. The molecular formula is C14H19BrO. The molecule has 2 atom stereocenters. The number of fused-ring (bicyclic) bond motifs is 1. The van der Waals surface area contributed by atoms with E-state index >= 15 is 0 Å². The molecule has 88 valence electrons. The van der Waals surface area contributed by atoms with E-state index in [-0.39, 0.29) is 0 Å². The van der Waals surface area contributed by atoms with Crippen LogP contribution in [0.25, 0.3) is 0 Å². The Morgan fingerprint density at radius 3 is 3.00 bits per heavy atom. The highest BCUT2D eigenvalue weighted by atomic mass is 79.9. The van der Waals surface area contributed by atoms with Gasteiger partial charge in [-0.25, -0.2) is 0 Å². The van der Waals surface area contributed by atoms with E-state index in [9.17, 15) is 0 Å². The Labute approximate surface area is 106 Å². The number of halogens is 1. The van der Waals surface area contributed by atoms with E-state index in [0.29, 0.717) is 10.7 Å². The quantitative estimate of drug-likeness (QED) is 0.752. The van der Waals surface area contributed by atoms with Crippen LogP contribution in [-0.4, -0.2) is 11.9 Å². The second kappa shape index (κ2) is 5.22. The van der Waals surface area contributed by atoms with Gasteiger partial charge in [-0.1, -0.05) is 28.9 Å². The molecule has 16 heavy (non-hydrogen) atoms. The van der Waals surface area contributed by atoms with Gasteiger partial charge in [-0.2, -0.15) is 0 Å². The van der Waals surface area contributed by atoms with Gasteiger partial charge in [-0.3, -0.25) is 0 Å². The standard InChI is InChI=1S/C14H19BrO/c1-3-14(15)13-6-4-5-10-9-11(16-2)7-8-12(10)13/h7-9,13-14H,3-6H2,1-2H3. The van der Waals surface area contributed by atoms with Gasteiger partial charge in [-0.15, -0.1) is 0 Å². The van der Waals surface area contributed by atoms with Crippen molar-refractivity contribution in [2.45, 2.75) is 43.4 Å². The van der Waals surface area contributed by atoms with E-state index in [0.717, 1.165) is 5.75 Å². The number of rotatable bonds is 3. The fraction of sp³-hybridized carbons (Fsp3) is 0.571. The largest absolute Gasteiger partial charge is 0.497 e. The van der Waals surface area contributed by atoms with Crippen molar-refractivity contribution in [3.8, 4) is 5.75 Å². The zero-order valence-corrected chi connectivity index (χ0v) is 11.6. The molecule has 0 N–H and O–H groups in total. The van der Waals surface area contributed by atoms with Crippen LogP contribution in [-0.2, 0) is 6.42 Å². The molecule has 0 bridgehead atoms. The Balaban J connectivity index is 2.32. The van der Waals surface area contributed by atoms with E-state index in [1.54, 1.807) is 7.11 Å². The summed E-state index contributed by atoms with van der Waals surface area (Å²) in [4.78, 5) is 0.611. The first kappa shape index (κ1) is 12.0. The lowest BCUT2D eigenvalue weighted by Crippen LogP contribution is -2.18. The molecule has 2 rings (SSSR count). The van der Waals surface area contributed by atoms with Crippen LogP contribution < -0.4 is 4.74 Å². The predicted octanol–water partition coefficient (Wildman–Crippen LogP) is 4.29. The molecule has 2 heteroatoms. The van der Waals surface area contributed by atoms with Crippen LogP contribution in [0.5, 0.6) is 5.75 Å². The van der Waals surface area contributed by atoms with Crippen LogP contribution in [0.2, 0.25) is 0 Å². The van der Waals surface area contributed by atoms with Gasteiger partial charge in [0, 0.05) is 4.83 Å². The Kier molecular flexibility index (Phi) is 3.91. The molecule has 2 unspecified atom stereocenters. The van der Waals surface area contributed by atoms with Crippen molar-refractivity contribution in [3.05, 3.63) is 29.3 Å². The minimum absolute atomic E-state index is 0.611. The van der Waals surface area contributed by atoms with Crippen LogP contribution in [0, 0.1) is 0 Å². The van der Waals surface area contributed by atoms with E-state index in [1.165, 1.54) is 36.8 Å². The van der Waals surface area contributed by atoms with Gasteiger partial charge in [0.15, 0.2) is 0 Å². The van der Waals surface area contributed by atoms with Crippen LogP contribution in [0.15, 0.2) is 18.2 Å². The predicted molar refractivity (Wildman–Crippen MR) is 71.7 cm³/mol. The molecule has 1 aliphatic rings. The zero-order chi connectivity index (χ0) is 11.5. The third-order valence-corrected chi connectivity index (χ3v) is 4.82. The van der Waals surface area contributed by atoms with E-state index in [1.807, 2.05) is 0 Å².